The monoisotopic (exact) mass is 314 g/mol. The Morgan fingerprint density at radius 2 is 1.74 bits per heavy atom. The van der Waals surface area contributed by atoms with Crippen molar-refractivity contribution in [2.45, 2.75) is 6.92 Å². The Kier molecular flexibility index (Phi) is 3.76. The molecule has 2 aromatic carbocycles. The highest BCUT2D eigenvalue weighted by molar-refractivity contribution is 6.43. The lowest BCUT2D eigenvalue weighted by atomic mass is 10.2. The number of ether oxygens (including phenoxy) is 2. The average molecular weight is 314 g/mol. The van der Waals surface area contributed by atoms with E-state index in [0.29, 0.717) is 28.4 Å². The van der Waals surface area contributed by atoms with Crippen LogP contribution in [0.15, 0.2) is 36.4 Å². The molecule has 0 saturated heterocycles. The lowest BCUT2D eigenvalue weighted by Crippen LogP contribution is -2.29. The summed E-state index contributed by atoms with van der Waals surface area (Å²) in [7, 11) is 0. The molecule has 118 valence electrons. The number of amides is 2. The molecule has 0 aliphatic carbocycles. The van der Waals surface area contributed by atoms with Crippen LogP contribution in [0.3, 0.4) is 0 Å². The van der Waals surface area contributed by atoms with Crippen molar-refractivity contribution in [3.63, 3.8) is 0 Å². The van der Waals surface area contributed by atoms with Crippen LogP contribution in [0.25, 0.3) is 0 Å². The zero-order valence-electron chi connectivity index (χ0n) is 12.3. The lowest BCUT2D eigenvalue weighted by molar-refractivity contribution is -0.133. The van der Waals surface area contributed by atoms with Crippen LogP contribution in [0, 0.1) is 6.92 Å². The molecule has 0 bridgehead atoms. The molecule has 0 spiro atoms. The zero-order valence-corrected chi connectivity index (χ0v) is 12.3. The molecular weight excluding hydrogens is 300 g/mol. The molecule has 0 unspecified atom stereocenters. The maximum absolute atomic E-state index is 12.0. The molecule has 0 radical (unpaired) electrons. The number of fused-ring (bicyclic) bond motifs is 1. The summed E-state index contributed by atoms with van der Waals surface area (Å²) in [6, 6.07) is 9.30. The minimum Gasteiger partial charge on any atom is -0.508 e. The number of aryl methyl sites for hydroxylation is 1. The molecule has 23 heavy (non-hydrogen) atoms. The van der Waals surface area contributed by atoms with Crippen molar-refractivity contribution in [1.82, 2.24) is 0 Å². The van der Waals surface area contributed by atoms with Crippen molar-refractivity contribution in [2.75, 3.05) is 17.4 Å². The molecule has 0 aromatic heterocycles. The number of carbonyl (C=O) groups is 2. The number of carbonyl (C=O) groups excluding carboxylic acids is 2. The summed E-state index contributed by atoms with van der Waals surface area (Å²) in [5.41, 5.74) is 1.53. The first-order valence-corrected chi connectivity index (χ1v) is 6.84. The largest absolute Gasteiger partial charge is 0.508 e. The molecule has 3 N–H and O–H groups in total. The molecular formula is C16H14N2O5. The molecule has 1 aliphatic heterocycles. The van der Waals surface area contributed by atoms with Crippen molar-refractivity contribution in [3.05, 3.63) is 42.0 Å². The van der Waals surface area contributed by atoms with Crippen molar-refractivity contribution in [1.29, 1.82) is 0 Å². The van der Waals surface area contributed by atoms with Gasteiger partial charge >= 0.3 is 11.8 Å². The van der Waals surface area contributed by atoms with Crippen molar-refractivity contribution < 1.29 is 24.2 Å². The van der Waals surface area contributed by atoms with Gasteiger partial charge in [0.05, 0.1) is 0 Å². The fourth-order valence-electron chi connectivity index (χ4n) is 2.13. The molecule has 7 heteroatoms. The van der Waals surface area contributed by atoms with Gasteiger partial charge in [-0.3, -0.25) is 9.59 Å². The quantitative estimate of drug-likeness (QED) is 0.582. The third-order valence-corrected chi connectivity index (χ3v) is 3.29. The summed E-state index contributed by atoms with van der Waals surface area (Å²) in [6.45, 7) is 1.85. The smallest absolute Gasteiger partial charge is 0.314 e. The van der Waals surface area contributed by atoms with Gasteiger partial charge < -0.3 is 25.2 Å². The minimum absolute atomic E-state index is 0.0883. The Morgan fingerprint density at radius 1 is 1.00 bits per heavy atom. The Labute approximate surface area is 131 Å². The number of hydrogen-bond donors (Lipinski definition) is 3. The fourth-order valence-corrected chi connectivity index (χ4v) is 2.13. The van der Waals surface area contributed by atoms with E-state index in [-0.39, 0.29) is 12.5 Å². The Morgan fingerprint density at radius 3 is 2.52 bits per heavy atom. The number of phenols is 1. The van der Waals surface area contributed by atoms with E-state index in [4.69, 9.17) is 9.47 Å². The van der Waals surface area contributed by atoms with Crippen LogP contribution >= 0.6 is 0 Å². The first kappa shape index (κ1) is 14.7. The van der Waals surface area contributed by atoms with Crippen molar-refractivity contribution in [3.8, 4) is 17.2 Å². The van der Waals surface area contributed by atoms with E-state index >= 15 is 0 Å². The highest BCUT2D eigenvalue weighted by Gasteiger charge is 2.18. The van der Waals surface area contributed by atoms with E-state index in [1.54, 1.807) is 25.1 Å². The normalized spacial score (nSPS) is 11.9. The number of nitrogens with one attached hydrogen (secondary N) is 2. The second-order valence-electron chi connectivity index (χ2n) is 4.98. The minimum atomic E-state index is -0.809. The number of hydrogen-bond acceptors (Lipinski definition) is 5. The van der Waals surface area contributed by atoms with E-state index in [9.17, 15) is 14.7 Å². The second kappa shape index (κ2) is 5.88. The molecule has 1 aliphatic rings. The number of anilines is 2. The Bertz CT molecular complexity index is 788. The molecule has 0 saturated carbocycles. The van der Waals surface area contributed by atoms with Gasteiger partial charge in [-0.2, -0.15) is 0 Å². The standard InChI is InChI=1S/C16H14N2O5/c1-9-6-11(19)3-4-12(9)18-16(21)15(20)17-10-2-5-13-14(7-10)23-8-22-13/h2-7,19H,8H2,1H3,(H,17,20)(H,18,21). The van der Waals surface area contributed by atoms with Gasteiger partial charge in [-0.25, -0.2) is 0 Å². The number of phenolic OH excluding ortho intramolecular Hbond substituents is 1. The van der Waals surface area contributed by atoms with Crippen LogP contribution < -0.4 is 20.1 Å². The Hall–Kier alpha value is -3.22. The summed E-state index contributed by atoms with van der Waals surface area (Å²) in [6.07, 6.45) is 0. The van der Waals surface area contributed by atoms with E-state index in [2.05, 4.69) is 10.6 Å². The molecule has 7 nitrogen and oxygen atoms in total. The van der Waals surface area contributed by atoms with Gasteiger partial charge in [0.2, 0.25) is 6.79 Å². The fraction of sp³-hybridized carbons (Fsp3) is 0.125. The summed E-state index contributed by atoms with van der Waals surface area (Å²) < 4.78 is 10.4. The highest BCUT2D eigenvalue weighted by Crippen LogP contribution is 2.34. The number of rotatable bonds is 2. The van der Waals surface area contributed by atoms with Gasteiger partial charge in [0, 0.05) is 17.4 Å². The first-order valence-electron chi connectivity index (χ1n) is 6.84. The summed E-state index contributed by atoms with van der Waals surface area (Å²) in [5.74, 6) is -0.428. The Balaban J connectivity index is 1.67. The van der Waals surface area contributed by atoms with E-state index in [1.165, 1.54) is 18.2 Å². The number of aromatic hydroxyl groups is 1. The highest BCUT2D eigenvalue weighted by atomic mass is 16.7. The van der Waals surface area contributed by atoms with E-state index in [1.807, 2.05) is 0 Å². The summed E-state index contributed by atoms with van der Waals surface area (Å²) in [4.78, 5) is 23.9. The van der Waals surface area contributed by atoms with Gasteiger partial charge in [0.15, 0.2) is 11.5 Å². The average Bonchev–Trinajstić information content (AvgIpc) is 2.97. The number of benzene rings is 2. The van der Waals surface area contributed by atoms with E-state index < -0.39 is 11.8 Å². The van der Waals surface area contributed by atoms with Crippen molar-refractivity contribution >= 4 is 23.2 Å². The first-order chi connectivity index (χ1) is 11.0. The van der Waals surface area contributed by atoms with Gasteiger partial charge in [0.1, 0.15) is 5.75 Å². The maximum Gasteiger partial charge on any atom is 0.314 e. The van der Waals surface area contributed by atoms with Gasteiger partial charge in [0.25, 0.3) is 0 Å². The molecule has 0 atom stereocenters. The summed E-state index contributed by atoms with van der Waals surface area (Å²) >= 11 is 0. The second-order valence-corrected chi connectivity index (χ2v) is 4.98. The van der Waals surface area contributed by atoms with Crippen LogP contribution in [-0.4, -0.2) is 23.7 Å². The zero-order chi connectivity index (χ0) is 16.4. The third kappa shape index (κ3) is 3.18. The van der Waals surface area contributed by atoms with Crippen LogP contribution in [0.4, 0.5) is 11.4 Å². The van der Waals surface area contributed by atoms with Crippen LogP contribution in [-0.2, 0) is 9.59 Å². The molecule has 0 fully saturated rings. The predicted octanol–water partition coefficient (Wildman–Crippen LogP) is 2.01. The maximum atomic E-state index is 12.0. The molecule has 2 amide bonds. The molecule has 1 heterocycles. The predicted molar refractivity (Wildman–Crippen MR) is 82.7 cm³/mol. The van der Waals surface area contributed by atoms with Gasteiger partial charge in [-0.15, -0.1) is 0 Å². The third-order valence-electron chi connectivity index (χ3n) is 3.29. The summed E-state index contributed by atoms with van der Waals surface area (Å²) in [5, 5.41) is 14.3. The SMILES string of the molecule is Cc1cc(O)ccc1NC(=O)C(=O)Nc1ccc2c(c1)OCO2. The van der Waals surface area contributed by atoms with Gasteiger partial charge in [-0.05, 0) is 42.8 Å². The van der Waals surface area contributed by atoms with E-state index in [0.717, 1.165) is 0 Å². The van der Waals surface area contributed by atoms with Crippen LogP contribution in [0.5, 0.6) is 17.2 Å². The lowest BCUT2D eigenvalue weighted by Gasteiger charge is -2.09. The molecule has 2 aromatic rings. The molecule has 3 rings (SSSR count). The van der Waals surface area contributed by atoms with Crippen LogP contribution in [0.2, 0.25) is 0 Å². The van der Waals surface area contributed by atoms with Crippen molar-refractivity contribution in [2.24, 2.45) is 0 Å². The topological polar surface area (TPSA) is 96.9 Å². The van der Waals surface area contributed by atoms with Crippen LogP contribution in [0.1, 0.15) is 5.56 Å². The van der Waals surface area contributed by atoms with Gasteiger partial charge in [-0.1, -0.05) is 0 Å².